The van der Waals surface area contributed by atoms with Crippen molar-refractivity contribution in [2.75, 3.05) is 12.0 Å². The van der Waals surface area contributed by atoms with Gasteiger partial charge in [0.05, 0.1) is 5.69 Å². The van der Waals surface area contributed by atoms with Crippen molar-refractivity contribution in [3.63, 3.8) is 0 Å². The van der Waals surface area contributed by atoms with Gasteiger partial charge in [0.25, 0.3) is 0 Å². The SMILES string of the molecule is CCC(=O)c1oc2ccc(Cl)cc2c1NCO. The van der Waals surface area contributed by atoms with Gasteiger partial charge in [0.2, 0.25) is 0 Å². The zero-order valence-corrected chi connectivity index (χ0v) is 10.0. The third-order valence-electron chi connectivity index (χ3n) is 2.48. The van der Waals surface area contributed by atoms with Crippen LogP contribution in [-0.2, 0) is 0 Å². The van der Waals surface area contributed by atoms with Crippen molar-refractivity contribution >= 4 is 34.0 Å². The Hall–Kier alpha value is -1.52. The van der Waals surface area contributed by atoms with E-state index in [-0.39, 0.29) is 18.3 Å². The Morgan fingerprint density at radius 3 is 2.94 bits per heavy atom. The van der Waals surface area contributed by atoms with E-state index in [1.807, 2.05) is 0 Å². The topological polar surface area (TPSA) is 62.5 Å². The summed E-state index contributed by atoms with van der Waals surface area (Å²) in [7, 11) is 0. The molecule has 90 valence electrons. The standard InChI is InChI=1S/C12H12ClNO3/c1-2-9(16)12-11(14-6-15)8-5-7(13)3-4-10(8)17-12/h3-5,14-15H,2,6H2,1H3. The summed E-state index contributed by atoms with van der Waals surface area (Å²) < 4.78 is 5.48. The third kappa shape index (κ3) is 2.14. The molecule has 0 spiro atoms. The number of aliphatic hydroxyl groups excluding tert-OH is 1. The maximum Gasteiger partial charge on any atom is 0.199 e. The number of nitrogens with one attached hydrogen (secondary N) is 1. The summed E-state index contributed by atoms with van der Waals surface area (Å²) in [5, 5.41) is 12.9. The van der Waals surface area contributed by atoms with E-state index < -0.39 is 0 Å². The fourth-order valence-corrected chi connectivity index (χ4v) is 1.85. The van der Waals surface area contributed by atoms with Crippen LogP contribution in [0.15, 0.2) is 22.6 Å². The highest BCUT2D eigenvalue weighted by atomic mass is 35.5. The second-order valence-electron chi connectivity index (χ2n) is 3.56. The molecule has 0 saturated heterocycles. The summed E-state index contributed by atoms with van der Waals surface area (Å²) in [6, 6.07) is 5.09. The van der Waals surface area contributed by atoms with Crippen molar-refractivity contribution < 1.29 is 14.3 Å². The Bertz CT molecular complexity index is 562. The van der Waals surface area contributed by atoms with E-state index in [2.05, 4.69) is 5.32 Å². The van der Waals surface area contributed by atoms with Gasteiger partial charge in [-0.3, -0.25) is 4.79 Å². The summed E-state index contributed by atoms with van der Waals surface area (Å²) in [5.74, 6) is 0.118. The van der Waals surface area contributed by atoms with Crippen LogP contribution in [0.25, 0.3) is 11.0 Å². The van der Waals surface area contributed by atoms with Crippen LogP contribution in [0.3, 0.4) is 0 Å². The Labute approximate surface area is 103 Å². The summed E-state index contributed by atoms with van der Waals surface area (Å²) in [6.07, 6.45) is 0.341. The first-order chi connectivity index (χ1) is 8.17. The summed E-state index contributed by atoms with van der Waals surface area (Å²) in [4.78, 5) is 11.7. The Morgan fingerprint density at radius 1 is 1.53 bits per heavy atom. The van der Waals surface area contributed by atoms with E-state index >= 15 is 0 Å². The van der Waals surface area contributed by atoms with Crippen molar-refractivity contribution in [2.24, 2.45) is 0 Å². The lowest BCUT2D eigenvalue weighted by Gasteiger charge is -2.02. The number of halogens is 1. The molecule has 0 aliphatic carbocycles. The van der Waals surface area contributed by atoms with Crippen molar-refractivity contribution in [2.45, 2.75) is 13.3 Å². The minimum atomic E-state index is -0.273. The highest BCUT2D eigenvalue weighted by molar-refractivity contribution is 6.31. The molecule has 0 radical (unpaired) electrons. The molecule has 0 amide bonds. The predicted molar refractivity (Wildman–Crippen MR) is 66.6 cm³/mol. The molecule has 2 N–H and O–H groups in total. The molecule has 1 aromatic heterocycles. The highest BCUT2D eigenvalue weighted by Crippen LogP contribution is 2.33. The summed E-state index contributed by atoms with van der Waals surface area (Å²) in [5.41, 5.74) is 1.07. The molecule has 2 rings (SSSR count). The first-order valence-corrected chi connectivity index (χ1v) is 5.65. The Kier molecular flexibility index (Phi) is 3.36. The Balaban J connectivity index is 2.66. The summed E-state index contributed by atoms with van der Waals surface area (Å²) >= 11 is 5.90. The number of hydrogen-bond donors (Lipinski definition) is 2. The Morgan fingerprint density at radius 2 is 2.29 bits per heavy atom. The second kappa shape index (κ2) is 4.77. The van der Waals surface area contributed by atoms with Crippen LogP contribution in [0.2, 0.25) is 5.02 Å². The van der Waals surface area contributed by atoms with Gasteiger partial charge in [0.1, 0.15) is 12.3 Å². The third-order valence-corrected chi connectivity index (χ3v) is 2.72. The van der Waals surface area contributed by atoms with E-state index in [9.17, 15) is 4.79 Å². The smallest absolute Gasteiger partial charge is 0.199 e. The van der Waals surface area contributed by atoms with E-state index in [1.165, 1.54) is 0 Å². The van der Waals surface area contributed by atoms with Crippen LogP contribution in [0.5, 0.6) is 0 Å². The maximum atomic E-state index is 11.7. The number of rotatable bonds is 4. The fourth-order valence-electron chi connectivity index (χ4n) is 1.68. The molecule has 0 saturated carbocycles. The lowest BCUT2D eigenvalue weighted by atomic mass is 10.1. The van der Waals surface area contributed by atoms with Crippen LogP contribution in [0.1, 0.15) is 23.9 Å². The minimum Gasteiger partial charge on any atom is -0.451 e. The van der Waals surface area contributed by atoms with Crippen LogP contribution in [-0.4, -0.2) is 17.6 Å². The van der Waals surface area contributed by atoms with Gasteiger partial charge in [-0.2, -0.15) is 0 Å². The lowest BCUT2D eigenvalue weighted by molar-refractivity contribution is 0.0964. The van der Waals surface area contributed by atoms with Crippen molar-refractivity contribution in [1.29, 1.82) is 0 Å². The number of anilines is 1. The number of hydrogen-bond acceptors (Lipinski definition) is 4. The molecule has 0 bridgehead atoms. The van der Waals surface area contributed by atoms with Gasteiger partial charge >= 0.3 is 0 Å². The molecule has 5 heteroatoms. The monoisotopic (exact) mass is 253 g/mol. The zero-order chi connectivity index (χ0) is 12.4. The van der Waals surface area contributed by atoms with Gasteiger partial charge in [-0.15, -0.1) is 0 Å². The molecule has 0 atom stereocenters. The predicted octanol–water partition coefficient (Wildman–Crippen LogP) is 3.04. The van der Waals surface area contributed by atoms with Gasteiger partial charge in [-0.1, -0.05) is 18.5 Å². The van der Waals surface area contributed by atoms with E-state index in [0.717, 1.165) is 0 Å². The number of carbonyl (C=O) groups is 1. The van der Waals surface area contributed by atoms with E-state index in [0.29, 0.717) is 28.1 Å². The minimum absolute atomic E-state index is 0.117. The quantitative estimate of drug-likeness (QED) is 0.649. The normalized spacial score (nSPS) is 10.8. The lowest BCUT2D eigenvalue weighted by Crippen LogP contribution is -2.04. The molecule has 1 heterocycles. The average Bonchev–Trinajstić information content (AvgIpc) is 2.67. The van der Waals surface area contributed by atoms with E-state index in [1.54, 1.807) is 25.1 Å². The van der Waals surface area contributed by atoms with Crippen molar-refractivity contribution in [1.82, 2.24) is 0 Å². The molecule has 0 fully saturated rings. The number of carbonyl (C=O) groups excluding carboxylic acids is 1. The van der Waals surface area contributed by atoms with Gasteiger partial charge in [-0.05, 0) is 18.2 Å². The second-order valence-corrected chi connectivity index (χ2v) is 3.99. The average molecular weight is 254 g/mol. The number of furan rings is 1. The van der Waals surface area contributed by atoms with Crippen LogP contribution in [0.4, 0.5) is 5.69 Å². The molecule has 0 aliphatic heterocycles. The molecule has 0 unspecified atom stereocenters. The van der Waals surface area contributed by atoms with E-state index in [4.69, 9.17) is 21.1 Å². The number of benzene rings is 1. The zero-order valence-electron chi connectivity index (χ0n) is 9.29. The van der Waals surface area contributed by atoms with Crippen LogP contribution >= 0.6 is 11.6 Å². The molecule has 2 aromatic rings. The molecule has 4 nitrogen and oxygen atoms in total. The van der Waals surface area contributed by atoms with Crippen molar-refractivity contribution in [3.8, 4) is 0 Å². The number of fused-ring (bicyclic) bond motifs is 1. The van der Waals surface area contributed by atoms with Crippen molar-refractivity contribution in [3.05, 3.63) is 29.0 Å². The maximum absolute atomic E-state index is 11.7. The number of aliphatic hydroxyl groups is 1. The first-order valence-electron chi connectivity index (χ1n) is 5.27. The molecule has 17 heavy (non-hydrogen) atoms. The van der Waals surface area contributed by atoms with Gasteiger partial charge in [-0.25, -0.2) is 0 Å². The highest BCUT2D eigenvalue weighted by Gasteiger charge is 2.19. The number of ketones is 1. The van der Waals surface area contributed by atoms with Gasteiger partial charge in [0.15, 0.2) is 11.5 Å². The molecule has 1 aromatic carbocycles. The van der Waals surface area contributed by atoms with Crippen LogP contribution in [0, 0.1) is 0 Å². The largest absolute Gasteiger partial charge is 0.451 e. The fraction of sp³-hybridized carbons (Fsp3) is 0.250. The first kappa shape index (κ1) is 12.0. The molecule has 0 aliphatic rings. The molecular weight excluding hydrogens is 242 g/mol. The van der Waals surface area contributed by atoms with Gasteiger partial charge < -0.3 is 14.8 Å². The van der Waals surface area contributed by atoms with Gasteiger partial charge in [0, 0.05) is 16.8 Å². The summed E-state index contributed by atoms with van der Waals surface area (Å²) in [6.45, 7) is 1.48. The molecular formula is C12H12ClNO3. The van der Waals surface area contributed by atoms with Crippen LogP contribution < -0.4 is 5.32 Å². The number of Topliss-reactive ketones (excluding diaryl/α,β-unsaturated/α-hetero) is 1.